The molecule has 3 heteroatoms. The van der Waals surface area contributed by atoms with Crippen molar-refractivity contribution >= 4 is 6.29 Å². The van der Waals surface area contributed by atoms with E-state index < -0.39 is 0 Å². The molecule has 16 heavy (non-hydrogen) atoms. The van der Waals surface area contributed by atoms with E-state index in [1.165, 1.54) is 6.42 Å². The van der Waals surface area contributed by atoms with Crippen LogP contribution in [0.25, 0.3) is 0 Å². The summed E-state index contributed by atoms with van der Waals surface area (Å²) < 4.78 is 5.78. The second kappa shape index (κ2) is 5.12. The molecule has 3 nitrogen and oxygen atoms in total. The molecule has 0 radical (unpaired) electrons. The maximum Gasteiger partial charge on any atom is 0.153 e. The average Bonchev–Trinajstić information content (AvgIpc) is 2.27. The largest absolute Gasteiger partial charge is 0.487 e. The number of carbonyl (C=O) groups is 1. The summed E-state index contributed by atoms with van der Waals surface area (Å²) >= 11 is 0. The summed E-state index contributed by atoms with van der Waals surface area (Å²) in [6.07, 6.45) is 2.27. The van der Waals surface area contributed by atoms with E-state index >= 15 is 0 Å². The zero-order valence-electron chi connectivity index (χ0n) is 9.56. The molecule has 0 saturated carbocycles. The van der Waals surface area contributed by atoms with Crippen molar-refractivity contribution in [3.05, 3.63) is 29.8 Å². The van der Waals surface area contributed by atoms with Crippen LogP contribution in [0.5, 0.6) is 5.75 Å². The molecule has 1 aromatic carbocycles. The molecule has 1 aliphatic heterocycles. The third kappa shape index (κ3) is 2.42. The van der Waals surface area contributed by atoms with E-state index in [1.807, 2.05) is 18.2 Å². The van der Waals surface area contributed by atoms with Gasteiger partial charge in [-0.15, -0.1) is 0 Å². The number of hydrogen-bond donors (Lipinski definition) is 0. The highest BCUT2D eigenvalue weighted by molar-refractivity contribution is 5.79. The second-order valence-electron chi connectivity index (χ2n) is 4.16. The van der Waals surface area contributed by atoms with E-state index in [0.29, 0.717) is 11.3 Å². The molecule has 1 fully saturated rings. The normalized spacial score (nSPS) is 16.8. The highest BCUT2D eigenvalue weighted by Crippen LogP contribution is 2.21. The molecule has 0 atom stereocenters. The smallest absolute Gasteiger partial charge is 0.153 e. The van der Waals surface area contributed by atoms with Crippen molar-refractivity contribution in [1.29, 1.82) is 0 Å². The van der Waals surface area contributed by atoms with Gasteiger partial charge in [0, 0.05) is 13.1 Å². The first-order chi connectivity index (χ1) is 7.83. The van der Waals surface area contributed by atoms with E-state index in [-0.39, 0.29) is 6.10 Å². The number of carbonyl (C=O) groups excluding carboxylic acids is 1. The molecular formula is C13H17NO2. The Kier molecular flexibility index (Phi) is 3.57. The molecule has 2 rings (SSSR count). The average molecular weight is 219 g/mol. The van der Waals surface area contributed by atoms with Gasteiger partial charge in [-0.25, -0.2) is 0 Å². The molecule has 0 N–H and O–H groups in total. The fraction of sp³-hybridized carbons (Fsp3) is 0.462. The SMILES string of the molecule is CCCN1CC(Oc2ccccc2C=O)C1. The van der Waals surface area contributed by atoms with Crippen LogP contribution in [0.1, 0.15) is 23.7 Å². The third-order valence-electron chi connectivity index (χ3n) is 2.80. The molecule has 0 bridgehead atoms. The van der Waals surface area contributed by atoms with E-state index in [2.05, 4.69) is 11.8 Å². The predicted octanol–water partition coefficient (Wildman–Crippen LogP) is 1.97. The van der Waals surface area contributed by atoms with E-state index in [0.717, 1.165) is 25.9 Å². The molecule has 0 amide bonds. The monoisotopic (exact) mass is 219 g/mol. The van der Waals surface area contributed by atoms with E-state index in [1.54, 1.807) is 6.07 Å². The first-order valence-electron chi connectivity index (χ1n) is 5.76. The predicted molar refractivity (Wildman–Crippen MR) is 63.0 cm³/mol. The molecule has 1 saturated heterocycles. The van der Waals surface area contributed by atoms with Gasteiger partial charge >= 0.3 is 0 Å². The van der Waals surface area contributed by atoms with Crippen LogP contribution in [0.3, 0.4) is 0 Å². The Labute approximate surface area is 96.0 Å². The topological polar surface area (TPSA) is 29.5 Å². The van der Waals surface area contributed by atoms with Crippen LogP contribution in [-0.4, -0.2) is 36.9 Å². The van der Waals surface area contributed by atoms with Crippen molar-refractivity contribution in [1.82, 2.24) is 4.90 Å². The summed E-state index contributed by atoms with van der Waals surface area (Å²) in [5.74, 6) is 0.707. The zero-order chi connectivity index (χ0) is 11.4. The maximum absolute atomic E-state index is 10.8. The molecule has 0 unspecified atom stereocenters. The Hall–Kier alpha value is -1.35. The quantitative estimate of drug-likeness (QED) is 0.709. The van der Waals surface area contributed by atoms with Gasteiger partial charge in [0.25, 0.3) is 0 Å². The Morgan fingerprint density at radius 3 is 2.88 bits per heavy atom. The fourth-order valence-corrected chi connectivity index (χ4v) is 1.96. The number of benzene rings is 1. The Bertz CT molecular complexity index is 359. The number of likely N-dealkylation sites (tertiary alicyclic amines) is 1. The lowest BCUT2D eigenvalue weighted by Gasteiger charge is -2.38. The molecule has 0 aromatic heterocycles. The van der Waals surface area contributed by atoms with Gasteiger partial charge in [0.05, 0.1) is 5.56 Å². The standard InChI is InChI=1S/C13H17NO2/c1-2-7-14-8-12(9-14)16-13-6-4-3-5-11(13)10-15/h3-6,10,12H,2,7-9H2,1H3. The van der Waals surface area contributed by atoms with Crippen LogP contribution >= 0.6 is 0 Å². The minimum Gasteiger partial charge on any atom is -0.487 e. The van der Waals surface area contributed by atoms with Crippen molar-refractivity contribution < 1.29 is 9.53 Å². The zero-order valence-corrected chi connectivity index (χ0v) is 9.56. The summed E-state index contributed by atoms with van der Waals surface area (Å²) in [5, 5.41) is 0. The Morgan fingerprint density at radius 1 is 1.44 bits per heavy atom. The minimum absolute atomic E-state index is 0.243. The molecular weight excluding hydrogens is 202 g/mol. The van der Waals surface area contributed by atoms with Crippen LogP contribution in [0.2, 0.25) is 0 Å². The maximum atomic E-state index is 10.8. The van der Waals surface area contributed by atoms with Gasteiger partial charge in [0.15, 0.2) is 6.29 Å². The summed E-state index contributed by atoms with van der Waals surface area (Å²) in [7, 11) is 0. The van der Waals surface area contributed by atoms with Crippen LogP contribution in [-0.2, 0) is 0 Å². The van der Waals surface area contributed by atoms with Crippen molar-refractivity contribution in [2.24, 2.45) is 0 Å². The van der Waals surface area contributed by atoms with E-state index in [4.69, 9.17) is 4.74 Å². The molecule has 1 aliphatic rings. The van der Waals surface area contributed by atoms with Crippen molar-refractivity contribution in [2.45, 2.75) is 19.4 Å². The molecule has 0 spiro atoms. The van der Waals surface area contributed by atoms with Gasteiger partial charge in [-0.3, -0.25) is 9.69 Å². The number of hydrogen-bond acceptors (Lipinski definition) is 3. The lowest BCUT2D eigenvalue weighted by atomic mass is 10.1. The van der Waals surface area contributed by atoms with E-state index in [9.17, 15) is 4.79 Å². The van der Waals surface area contributed by atoms with Crippen LogP contribution < -0.4 is 4.74 Å². The summed E-state index contributed by atoms with van der Waals surface area (Å²) in [6, 6.07) is 7.38. The number of aldehydes is 1. The van der Waals surface area contributed by atoms with Gasteiger partial charge in [-0.2, -0.15) is 0 Å². The Balaban J connectivity index is 1.89. The summed E-state index contributed by atoms with van der Waals surface area (Å²) in [6.45, 7) is 5.26. The van der Waals surface area contributed by atoms with Crippen molar-refractivity contribution in [3.8, 4) is 5.75 Å². The minimum atomic E-state index is 0.243. The van der Waals surface area contributed by atoms with Gasteiger partial charge in [-0.05, 0) is 25.1 Å². The van der Waals surface area contributed by atoms with Crippen LogP contribution in [0, 0.1) is 0 Å². The number of rotatable bonds is 5. The van der Waals surface area contributed by atoms with Gasteiger partial charge in [-0.1, -0.05) is 19.1 Å². The summed E-state index contributed by atoms with van der Waals surface area (Å²) in [5.41, 5.74) is 0.636. The number of nitrogens with zero attached hydrogens (tertiary/aromatic N) is 1. The summed E-state index contributed by atoms with van der Waals surface area (Å²) in [4.78, 5) is 13.1. The van der Waals surface area contributed by atoms with Gasteiger partial charge in [0.1, 0.15) is 11.9 Å². The second-order valence-corrected chi connectivity index (χ2v) is 4.16. The molecule has 1 heterocycles. The fourth-order valence-electron chi connectivity index (χ4n) is 1.96. The molecule has 86 valence electrons. The highest BCUT2D eigenvalue weighted by Gasteiger charge is 2.27. The van der Waals surface area contributed by atoms with Gasteiger partial charge < -0.3 is 4.74 Å². The first-order valence-corrected chi connectivity index (χ1v) is 5.76. The van der Waals surface area contributed by atoms with Crippen molar-refractivity contribution in [2.75, 3.05) is 19.6 Å². The number of para-hydroxylation sites is 1. The Morgan fingerprint density at radius 2 is 2.19 bits per heavy atom. The molecule has 1 aromatic rings. The van der Waals surface area contributed by atoms with Crippen molar-refractivity contribution in [3.63, 3.8) is 0 Å². The first kappa shape index (κ1) is 11.1. The number of ether oxygens (including phenoxy) is 1. The third-order valence-corrected chi connectivity index (χ3v) is 2.80. The molecule has 0 aliphatic carbocycles. The van der Waals surface area contributed by atoms with Crippen LogP contribution in [0.4, 0.5) is 0 Å². The van der Waals surface area contributed by atoms with Gasteiger partial charge in [0.2, 0.25) is 0 Å². The lowest BCUT2D eigenvalue weighted by molar-refractivity contribution is 0.0199. The highest BCUT2D eigenvalue weighted by atomic mass is 16.5. The lowest BCUT2D eigenvalue weighted by Crippen LogP contribution is -2.53. The van der Waals surface area contributed by atoms with Crippen LogP contribution in [0.15, 0.2) is 24.3 Å².